The van der Waals surface area contributed by atoms with Crippen molar-refractivity contribution < 1.29 is 9.47 Å². The molecule has 2 heterocycles. The van der Waals surface area contributed by atoms with E-state index in [1.165, 1.54) is 0 Å². The second-order valence-electron chi connectivity index (χ2n) is 5.91. The number of nitrogens with zero attached hydrogens (tertiary/aromatic N) is 2. The average molecular weight is 425 g/mol. The van der Waals surface area contributed by atoms with Crippen molar-refractivity contribution in [1.82, 2.24) is 15.6 Å². The highest BCUT2D eigenvalue weighted by Crippen LogP contribution is 2.39. The van der Waals surface area contributed by atoms with Crippen LogP contribution in [0.4, 0.5) is 0 Å². The van der Waals surface area contributed by atoms with Crippen molar-refractivity contribution in [3.8, 4) is 11.5 Å². The van der Waals surface area contributed by atoms with Gasteiger partial charge in [-0.3, -0.25) is 4.99 Å². The smallest absolute Gasteiger partial charge is 0.231 e. The fraction of sp³-hybridized carbons (Fsp3) is 0.412. The third-order valence-electron chi connectivity index (χ3n) is 3.74. The van der Waals surface area contributed by atoms with Gasteiger partial charge in [0.15, 0.2) is 17.5 Å². The molecule has 0 fully saturated rings. The summed E-state index contributed by atoms with van der Waals surface area (Å²) in [7, 11) is 1.76. The number of hydrogen-bond acceptors (Lipinski definition) is 5. The number of halogens is 1. The van der Waals surface area contributed by atoms with Crippen LogP contribution >= 0.6 is 27.3 Å². The molecule has 2 N–H and O–H groups in total. The fourth-order valence-electron chi connectivity index (χ4n) is 2.36. The van der Waals surface area contributed by atoms with Crippen LogP contribution in [0.2, 0.25) is 0 Å². The topological polar surface area (TPSA) is 67.8 Å². The molecule has 134 valence electrons. The minimum atomic E-state index is 0.264. The summed E-state index contributed by atoms with van der Waals surface area (Å²) >= 11 is 5.18. The maximum atomic E-state index is 5.45. The zero-order chi connectivity index (χ0) is 17.8. The van der Waals surface area contributed by atoms with Gasteiger partial charge in [-0.25, -0.2) is 4.98 Å². The van der Waals surface area contributed by atoms with Gasteiger partial charge in [-0.2, -0.15) is 0 Å². The highest BCUT2D eigenvalue weighted by molar-refractivity contribution is 9.10. The van der Waals surface area contributed by atoms with Gasteiger partial charge in [-0.05, 0) is 39.5 Å². The van der Waals surface area contributed by atoms with Crippen molar-refractivity contribution in [3.05, 3.63) is 38.3 Å². The number of fused-ring (bicyclic) bond motifs is 1. The van der Waals surface area contributed by atoms with Gasteiger partial charge in [-0.15, -0.1) is 11.3 Å². The largest absolute Gasteiger partial charge is 0.454 e. The van der Waals surface area contributed by atoms with Gasteiger partial charge in [0.25, 0.3) is 0 Å². The van der Waals surface area contributed by atoms with Gasteiger partial charge in [0.2, 0.25) is 6.79 Å². The van der Waals surface area contributed by atoms with E-state index >= 15 is 0 Å². The molecule has 1 aliphatic rings. The number of aromatic nitrogens is 1. The highest BCUT2D eigenvalue weighted by Gasteiger charge is 2.18. The maximum absolute atomic E-state index is 5.45. The summed E-state index contributed by atoms with van der Waals surface area (Å²) in [6.45, 7) is 5.85. The standard InChI is InChI=1S/C17H21BrN4O2S/c1-10(2)13-8-25-15(22-13)7-21-17(19-3)20-6-11-4-12(18)16-14(5-11)23-9-24-16/h4-5,8,10H,6-7,9H2,1-3H3,(H2,19,20,21). The van der Waals surface area contributed by atoms with Gasteiger partial charge in [0.1, 0.15) is 5.01 Å². The van der Waals surface area contributed by atoms with E-state index in [0.717, 1.165) is 38.2 Å². The molecule has 0 atom stereocenters. The number of guanidine groups is 1. The zero-order valence-electron chi connectivity index (χ0n) is 14.4. The van der Waals surface area contributed by atoms with Gasteiger partial charge in [0, 0.05) is 19.0 Å². The molecule has 0 aliphatic carbocycles. The Hall–Kier alpha value is -1.80. The predicted octanol–water partition coefficient (Wildman–Crippen LogP) is 3.62. The van der Waals surface area contributed by atoms with E-state index in [4.69, 9.17) is 9.47 Å². The van der Waals surface area contributed by atoms with Gasteiger partial charge in [-0.1, -0.05) is 13.8 Å². The van der Waals surface area contributed by atoms with Crippen LogP contribution in [0.1, 0.15) is 36.0 Å². The van der Waals surface area contributed by atoms with E-state index in [1.54, 1.807) is 18.4 Å². The van der Waals surface area contributed by atoms with Crippen LogP contribution in [-0.2, 0) is 13.1 Å². The lowest BCUT2D eigenvalue weighted by atomic mass is 10.2. The first-order chi connectivity index (χ1) is 12.1. The van der Waals surface area contributed by atoms with Crippen molar-refractivity contribution in [2.24, 2.45) is 4.99 Å². The van der Waals surface area contributed by atoms with E-state index in [0.29, 0.717) is 19.0 Å². The number of hydrogen-bond donors (Lipinski definition) is 2. The van der Waals surface area contributed by atoms with Crippen LogP contribution in [0.15, 0.2) is 27.0 Å². The minimum Gasteiger partial charge on any atom is -0.454 e. The molecule has 0 bridgehead atoms. The highest BCUT2D eigenvalue weighted by atomic mass is 79.9. The number of thiazole rings is 1. The van der Waals surface area contributed by atoms with Gasteiger partial charge in [0.05, 0.1) is 16.7 Å². The zero-order valence-corrected chi connectivity index (χ0v) is 16.8. The number of nitrogens with one attached hydrogen (secondary N) is 2. The van der Waals surface area contributed by atoms with Crippen LogP contribution in [0.3, 0.4) is 0 Å². The molecular formula is C17H21BrN4O2S. The summed E-state index contributed by atoms with van der Waals surface area (Å²) < 4.78 is 11.7. The Labute approximate surface area is 159 Å². The second kappa shape index (κ2) is 8.05. The number of aliphatic imine (C=N–C) groups is 1. The molecule has 0 amide bonds. The Kier molecular flexibility index (Phi) is 5.80. The lowest BCUT2D eigenvalue weighted by Gasteiger charge is -2.12. The van der Waals surface area contributed by atoms with E-state index in [1.807, 2.05) is 12.1 Å². The SMILES string of the molecule is CN=C(NCc1cc(Br)c2c(c1)OCO2)NCc1nc(C(C)C)cs1. The molecule has 2 aromatic rings. The normalized spacial score (nSPS) is 13.4. The fourth-order valence-corrected chi connectivity index (χ4v) is 3.86. The second-order valence-corrected chi connectivity index (χ2v) is 7.71. The molecule has 0 unspecified atom stereocenters. The summed E-state index contributed by atoms with van der Waals surface area (Å²) in [5.74, 6) is 2.70. The van der Waals surface area contributed by atoms with Crippen LogP contribution in [-0.4, -0.2) is 24.8 Å². The van der Waals surface area contributed by atoms with E-state index in [9.17, 15) is 0 Å². The molecule has 0 spiro atoms. The third-order valence-corrected chi connectivity index (χ3v) is 5.19. The maximum Gasteiger partial charge on any atom is 0.231 e. The Morgan fingerprint density at radius 1 is 1.32 bits per heavy atom. The first kappa shape index (κ1) is 18.0. The number of ether oxygens (including phenoxy) is 2. The molecule has 1 aromatic carbocycles. The van der Waals surface area contributed by atoms with Gasteiger partial charge >= 0.3 is 0 Å². The Balaban J connectivity index is 1.55. The van der Waals surface area contributed by atoms with E-state index in [-0.39, 0.29) is 6.79 Å². The van der Waals surface area contributed by atoms with Crippen LogP contribution in [0, 0.1) is 0 Å². The summed E-state index contributed by atoms with van der Waals surface area (Å²) in [6.07, 6.45) is 0. The molecular weight excluding hydrogens is 404 g/mol. The van der Waals surface area contributed by atoms with Crippen molar-refractivity contribution in [2.45, 2.75) is 32.9 Å². The van der Waals surface area contributed by atoms with Crippen molar-refractivity contribution in [3.63, 3.8) is 0 Å². The summed E-state index contributed by atoms with van der Waals surface area (Å²) in [5.41, 5.74) is 2.21. The predicted molar refractivity (Wildman–Crippen MR) is 104 cm³/mol. The molecule has 1 aliphatic heterocycles. The first-order valence-corrected chi connectivity index (χ1v) is 9.71. The molecule has 1 aromatic heterocycles. The Morgan fingerprint density at radius 3 is 2.84 bits per heavy atom. The van der Waals surface area contributed by atoms with E-state index in [2.05, 4.69) is 55.8 Å². The minimum absolute atomic E-state index is 0.264. The van der Waals surface area contributed by atoms with Crippen LogP contribution in [0.5, 0.6) is 11.5 Å². The molecule has 0 saturated heterocycles. The molecule has 3 rings (SSSR count). The number of rotatable bonds is 5. The first-order valence-electron chi connectivity index (χ1n) is 8.03. The quantitative estimate of drug-likeness (QED) is 0.566. The van der Waals surface area contributed by atoms with Gasteiger partial charge < -0.3 is 20.1 Å². The molecule has 25 heavy (non-hydrogen) atoms. The van der Waals surface area contributed by atoms with Crippen molar-refractivity contribution in [2.75, 3.05) is 13.8 Å². The van der Waals surface area contributed by atoms with Crippen molar-refractivity contribution in [1.29, 1.82) is 0 Å². The summed E-state index contributed by atoms with van der Waals surface area (Å²) in [4.78, 5) is 8.88. The van der Waals surface area contributed by atoms with Crippen molar-refractivity contribution >= 4 is 33.2 Å². The summed E-state index contributed by atoms with van der Waals surface area (Å²) in [5, 5.41) is 9.76. The summed E-state index contributed by atoms with van der Waals surface area (Å²) in [6, 6.07) is 3.99. The Morgan fingerprint density at radius 2 is 2.12 bits per heavy atom. The molecule has 0 radical (unpaired) electrons. The monoisotopic (exact) mass is 424 g/mol. The third kappa shape index (κ3) is 4.43. The molecule has 6 nitrogen and oxygen atoms in total. The lowest BCUT2D eigenvalue weighted by Crippen LogP contribution is -2.36. The van der Waals surface area contributed by atoms with Crippen LogP contribution in [0.25, 0.3) is 0 Å². The molecule has 8 heteroatoms. The lowest BCUT2D eigenvalue weighted by molar-refractivity contribution is 0.173. The average Bonchev–Trinajstić information content (AvgIpc) is 3.24. The Bertz CT molecular complexity index is 776. The van der Waals surface area contributed by atoms with E-state index < -0.39 is 0 Å². The number of benzene rings is 1. The molecule has 0 saturated carbocycles. The van der Waals surface area contributed by atoms with Crippen LogP contribution < -0.4 is 20.1 Å².